The van der Waals surface area contributed by atoms with Crippen molar-refractivity contribution in [2.45, 2.75) is 19.4 Å². The molecular formula is C11H26N4. The summed E-state index contributed by atoms with van der Waals surface area (Å²) in [6.07, 6.45) is 0. The second-order valence-corrected chi connectivity index (χ2v) is 5.11. The van der Waals surface area contributed by atoms with Crippen molar-refractivity contribution in [1.82, 2.24) is 14.7 Å². The number of nitrogens with zero attached hydrogens (tertiary/aromatic N) is 4. The van der Waals surface area contributed by atoms with E-state index in [0.717, 1.165) is 12.5 Å². The van der Waals surface area contributed by atoms with Crippen LogP contribution in [0.25, 0.3) is 0 Å². The first-order valence-corrected chi connectivity index (χ1v) is 5.25. The average Bonchev–Trinajstić information content (AvgIpc) is 2.02. The maximum absolute atomic E-state index is 4.64. The van der Waals surface area contributed by atoms with Gasteiger partial charge in [0, 0.05) is 33.7 Å². The Balaban J connectivity index is 4.60. The number of guanidine groups is 1. The molecule has 0 saturated heterocycles. The van der Waals surface area contributed by atoms with Crippen molar-refractivity contribution >= 4 is 5.96 Å². The van der Waals surface area contributed by atoms with Gasteiger partial charge in [-0.3, -0.25) is 4.99 Å². The van der Waals surface area contributed by atoms with Gasteiger partial charge in [-0.2, -0.15) is 0 Å². The lowest BCUT2D eigenvalue weighted by atomic mass is 10.1. The third-order valence-corrected chi connectivity index (χ3v) is 2.62. The highest BCUT2D eigenvalue weighted by Crippen LogP contribution is 2.10. The molecule has 0 unspecified atom stereocenters. The molecule has 0 radical (unpaired) electrons. The number of hydrogen-bond donors (Lipinski definition) is 0. The van der Waals surface area contributed by atoms with Gasteiger partial charge in [-0.1, -0.05) is 0 Å². The van der Waals surface area contributed by atoms with E-state index in [0.29, 0.717) is 0 Å². The van der Waals surface area contributed by atoms with Gasteiger partial charge in [-0.15, -0.1) is 0 Å². The highest BCUT2D eigenvalue weighted by Gasteiger charge is 2.20. The van der Waals surface area contributed by atoms with Crippen molar-refractivity contribution < 1.29 is 0 Å². The smallest absolute Gasteiger partial charge is 0.195 e. The van der Waals surface area contributed by atoms with E-state index in [2.05, 4.69) is 37.8 Å². The molecule has 0 aliphatic heterocycles. The van der Waals surface area contributed by atoms with Crippen LogP contribution in [0.5, 0.6) is 0 Å². The Morgan fingerprint density at radius 2 is 1.33 bits per heavy atom. The first-order chi connectivity index (χ1) is 6.68. The summed E-state index contributed by atoms with van der Waals surface area (Å²) in [4.78, 5) is 10.9. The minimum absolute atomic E-state index is 0.0945. The number of hydrogen-bond acceptors (Lipinski definition) is 2. The van der Waals surface area contributed by atoms with Gasteiger partial charge < -0.3 is 14.7 Å². The van der Waals surface area contributed by atoms with E-state index in [-0.39, 0.29) is 5.54 Å². The lowest BCUT2D eigenvalue weighted by Crippen LogP contribution is -2.43. The predicted octanol–water partition coefficient (Wildman–Crippen LogP) is 0.806. The summed E-state index contributed by atoms with van der Waals surface area (Å²) in [5, 5.41) is 0. The third kappa shape index (κ3) is 4.51. The van der Waals surface area contributed by atoms with Crippen LogP contribution in [0, 0.1) is 0 Å². The van der Waals surface area contributed by atoms with Crippen molar-refractivity contribution in [2.24, 2.45) is 4.99 Å². The largest absolute Gasteiger partial charge is 0.349 e. The van der Waals surface area contributed by atoms with E-state index in [4.69, 9.17) is 0 Å². The van der Waals surface area contributed by atoms with Crippen LogP contribution in [-0.4, -0.2) is 75.0 Å². The van der Waals surface area contributed by atoms with Gasteiger partial charge >= 0.3 is 0 Å². The monoisotopic (exact) mass is 214 g/mol. The molecule has 0 N–H and O–H groups in total. The average molecular weight is 214 g/mol. The van der Waals surface area contributed by atoms with Crippen molar-refractivity contribution in [3.63, 3.8) is 0 Å². The molecule has 0 rings (SSSR count). The molecule has 0 aromatic rings. The highest BCUT2D eigenvalue weighted by molar-refractivity contribution is 5.79. The number of rotatable bonds is 3. The van der Waals surface area contributed by atoms with Gasteiger partial charge in [0.2, 0.25) is 0 Å². The molecular weight excluding hydrogens is 188 g/mol. The Bertz CT molecular complexity index is 207. The van der Waals surface area contributed by atoms with Gasteiger partial charge in [0.15, 0.2) is 5.96 Å². The molecule has 0 fully saturated rings. The molecule has 4 heteroatoms. The van der Waals surface area contributed by atoms with Crippen molar-refractivity contribution in [1.29, 1.82) is 0 Å². The van der Waals surface area contributed by atoms with E-state index < -0.39 is 0 Å². The molecule has 0 saturated carbocycles. The van der Waals surface area contributed by atoms with Crippen LogP contribution >= 0.6 is 0 Å². The van der Waals surface area contributed by atoms with Crippen LogP contribution in [0.3, 0.4) is 0 Å². The fourth-order valence-corrected chi connectivity index (χ4v) is 1.09. The van der Waals surface area contributed by atoms with Crippen LogP contribution in [0.1, 0.15) is 13.8 Å². The van der Waals surface area contributed by atoms with Crippen LogP contribution in [0.4, 0.5) is 0 Å². The predicted molar refractivity (Wildman–Crippen MR) is 67.4 cm³/mol. The van der Waals surface area contributed by atoms with Crippen molar-refractivity contribution in [3.05, 3.63) is 0 Å². The Morgan fingerprint density at radius 1 is 0.933 bits per heavy atom. The van der Waals surface area contributed by atoms with Gasteiger partial charge in [-0.05, 0) is 27.9 Å². The zero-order chi connectivity index (χ0) is 12.2. The fourth-order valence-electron chi connectivity index (χ4n) is 1.09. The van der Waals surface area contributed by atoms with Crippen molar-refractivity contribution in [2.75, 3.05) is 48.8 Å². The molecule has 0 heterocycles. The van der Waals surface area contributed by atoms with E-state index in [1.807, 2.05) is 38.0 Å². The highest BCUT2D eigenvalue weighted by atomic mass is 15.3. The minimum Gasteiger partial charge on any atom is -0.349 e. The van der Waals surface area contributed by atoms with Gasteiger partial charge in [0.25, 0.3) is 0 Å². The van der Waals surface area contributed by atoms with E-state index in [9.17, 15) is 0 Å². The summed E-state index contributed by atoms with van der Waals surface area (Å²) < 4.78 is 0. The maximum Gasteiger partial charge on any atom is 0.195 e. The number of aliphatic imine (C=N–C) groups is 1. The fraction of sp³-hybridized carbons (Fsp3) is 0.909. The summed E-state index contributed by atoms with van der Waals surface area (Å²) >= 11 is 0. The number of likely N-dealkylation sites (N-methyl/N-ethyl adjacent to an activating group) is 1. The van der Waals surface area contributed by atoms with Gasteiger partial charge in [-0.25, -0.2) is 0 Å². The van der Waals surface area contributed by atoms with Crippen LogP contribution in [0.2, 0.25) is 0 Å². The second kappa shape index (κ2) is 5.35. The van der Waals surface area contributed by atoms with E-state index in [1.165, 1.54) is 0 Å². The summed E-state index contributed by atoms with van der Waals surface area (Å²) in [5.41, 5.74) is 0.0945. The summed E-state index contributed by atoms with van der Waals surface area (Å²) in [6.45, 7) is 5.19. The van der Waals surface area contributed by atoms with Crippen LogP contribution in [-0.2, 0) is 0 Å². The molecule has 0 aromatic carbocycles. The van der Waals surface area contributed by atoms with Crippen molar-refractivity contribution in [3.8, 4) is 0 Å². The molecule has 90 valence electrons. The topological polar surface area (TPSA) is 22.1 Å². The molecule has 15 heavy (non-hydrogen) atoms. The quantitative estimate of drug-likeness (QED) is 0.513. The van der Waals surface area contributed by atoms with Crippen LogP contribution in [0.15, 0.2) is 4.99 Å². The normalized spacial score (nSPS) is 11.5. The first-order valence-electron chi connectivity index (χ1n) is 5.25. The van der Waals surface area contributed by atoms with Gasteiger partial charge in [0.1, 0.15) is 0 Å². The molecule has 0 aliphatic rings. The minimum atomic E-state index is 0.0945. The van der Waals surface area contributed by atoms with E-state index in [1.54, 1.807) is 0 Å². The molecule has 0 bridgehead atoms. The standard InChI is InChI=1S/C11H26N4/c1-11(2,15(7)8)9-12-10(13(3)4)14(5)6/h9H2,1-8H3. The lowest BCUT2D eigenvalue weighted by Gasteiger charge is -2.32. The molecule has 0 atom stereocenters. The molecule has 0 aromatic heterocycles. The first kappa shape index (κ1) is 14.2. The second-order valence-electron chi connectivity index (χ2n) is 5.11. The van der Waals surface area contributed by atoms with E-state index >= 15 is 0 Å². The van der Waals surface area contributed by atoms with Crippen LogP contribution < -0.4 is 0 Å². The molecule has 0 amide bonds. The Morgan fingerprint density at radius 3 is 1.60 bits per heavy atom. The Hall–Kier alpha value is -0.770. The van der Waals surface area contributed by atoms with Gasteiger partial charge in [0.05, 0.1) is 6.54 Å². The SMILES string of the molecule is CN(C)C(=NCC(C)(C)N(C)C)N(C)C. The zero-order valence-corrected chi connectivity index (χ0v) is 11.5. The summed E-state index contributed by atoms with van der Waals surface area (Å²) in [7, 11) is 12.2. The Kier molecular flexibility index (Phi) is 5.08. The maximum atomic E-state index is 4.64. The summed E-state index contributed by atoms with van der Waals surface area (Å²) in [6, 6.07) is 0. The lowest BCUT2D eigenvalue weighted by molar-refractivity contribution is 0.204. The summed E-state index contributed by atoms with van der Waals surface area (Å²) in [5.74, 6) is 1.00. The Labute approximate surface area is 94.6 Å². The zero-order valence-electron chi connectivity index (χ0n) is 11.5. The molecule has 0 aliphatic carbocycles. The molecule has 4 nitrogen and oxygen atoms in total. The third-order valence-electron chi connectivity index (χ3n) is 2.62. The molecule has 0 spiro atoms.